The molecule has 0 aliphatic rings. The van der Waals surface area contributed by atoms with Gasteiger partial charge in [-0.3, -0.25) is 9.13 Å². The Morgan fingerprint density at radius 2 is 2.07 bits per heavy atom. The van der Waals surface area contributed by atoms with Crippen molar-refractivity contribution in [1.29, 1.82) is 5.26 Å². The van der Waals surface area contributed by atoms with Gasteiger partial charge in [0.2, 0.25) is 0 Å². The molecule has 0 saturated heterocycles. The lowest BCUT2D eigenvalue weighted by molar-refractivity contribution is 0.0662. The van der Waals surface area contributed by atoms with E-state index in [9.17, 15) is 15.2 Å². The number of nitriles is 1. The maximum absolute atomic E-state index is 12.6. The summed E-state index contributed by atoms with van der Waals surface area (Å²) in [6, 6.07) is 9.22. The van der Waals surface area contributed by atoms with Crippen LogP contribution in [-0.4, -0.2) is 24.8 Å². The maximum Gasteiger partial charge on any atom is 0.328 e. The Morgan fingerprint density at radius 3 is 2.74 bits per heavy atom. The third kappa shape index (κ3) is 3.82. The van der Waals surface area contributed by atoms with Crippen LogP contribution in [0.4, 0.5) is 11.4 Å². The van der Waals surface area contributed by atoms with Crippen LogP contribution < -0.4 is 11.0 Å². The van der Waals surface area contributed by atoms with Gasteiger partial charge in [-0.2, -0.15) is 5.26 Å². The van der Waals surface area contributed by atoms with E-state index in [1.165, 1.54) is 6.20 Å². The van der Waals surface area contributed by atoms with Crippen molar-refractivity contribution in [3.63, 3.8) is 0 Å². The van der Waals surface area contributed by atoms with Gasteiger partial charge in [0.15, 0.2) is 0 Å². The maximum atomic E-state index is 12.6. The minimum Gasteiger partial charge on any atom is -0.390 e. The van der Waals surface area contributed by atoms with Crippen LogP contribution in [0.15, 0.2) is 35.3 Å². The van der Waals surface area contributed by atoms with Crippen LogP contribution in [0.3, 0.4) is 0 Å². The first-order valence-corrected chi connectivity index (χ1v) is 8.82. The van der Waals surface area contributed by atoms with Gasteiger partial charge in [0, 0.05) is 25.5 Å². The highest BCUT2D eigenvalue weighted by Gasteiger charge is 2.17. The number of fused-ring (bicyclic) bond motifs is 1. The van der Waals surface area contributed by atoms with Gasteiger partial charge in [-0.1, -0.05) is 11.6 Å². The Balaban J connectivity index is 2.04. The van der Waals surface area contributed by atoms with E-state index in [-0.39, 0.29) is 16.4 Å². The normalized spacial score (nSPS) is 11.6. The van der Waals surface area contributed by atoms with Crippen LogP contribution in [0.1, 0.15) is 25.8 Å². The fourth-order valence-electron chi connectivity index (χ4n) is 2.89. The van der Waals surface area contributed by atoms with E-state index in [0.29, 0.717) is 24.3 Å². The predicted molar refractivity (Wildman–Crippen MR) is 105 cm³/mol. The number of rotatable bonds is 5. The lowest BCUT2D eigenvalue weighted by Gasteiger charge is -2.17. The molecule has 0 bridgehead atoms. The molecule has 2 aromatic heterocycles. The number of nitrogens with zero attached hydrogens (tertiary/aromatic N) is 4. The Kier molecular flexibility index (Phi) is 4.96. The van der Waals surface area contributed by atoms with Gasteiger partial charge >= 0.3 is 5.69 Å². The quantitative estimate of drug-likeness (QED) is 0.657. The van der Waals surface area contributed by atoms with E-state index in [1.807, 2.05) is 24.3 Å². The summed E-state index contributed by atoms with van der Waals surface area (Å²) < 4.78 is 3.22. The SMILES string of the molecule is Cn1c(=O)n(CCC(C)(C)O)c2cc(Nc3ccnc(Cl)c3C#N)ccc21. The van der Waals surface area contributed by atoms with Crippen molar-refractivity contribution in [1.82, 2.24) is 14.1 Å². The molecule has 0 atom stereocenters. The second-order valence-electron chi connectivity index (χ2n) is 7.02. The summed E-state index contributed by atoms with van der Waals surface area (Å²) in [5.74, 6) is 0. The monoisotopic (exact) mass is 385 g/mol. The molecule has 0 aliphatic carbocycles. The number of anilines is 2. The van der Waals surface area contributed by atoms with E-state index in [0.717, 1.165) is 11.0 Å². The first-order valence-electron chi connectivity index (χ1n) is 8.44. The molecule has 8 heteroatoms. The number of pyridine rings is 1. The van der Waals surface area contributed by atoms with E-state index in [4.69, 9.17) is 11.6 Å². The van der Waals surface area contributed by atoms with Gasteiger partial charge in [0.1, 0.15) is 16.8 Å². The van der Waals surface area contributed by atoms with Crippen LogP contribution in [0.25, 0.3) is 11.0 Å². The summed E-state index contributed by atoms with van der Waals surface area (Å²) in [7, 11) is 1.72. The summed E-state index contributed by atoms with van der Waals surface area (Å²) in [5, 5.41) is 22.6. The number of benzene rings is 1. The smallest absolute Gasteiger partial charge is 0.328 e. The van der Waals surface area contributed by atoms with E-state index in [2.05, 4.69) is 10.3 Å². The van der Waals surface area contributed by atoms with Crippen LogP contribution in [0.5, 0.6) is 0 Å². The summed E-state index contributed by atoms with van der Waals surface area (Å²) in [5.41, 5.74) is 2.03. The fourth-order valence-corrected chi connectivity index (χ4v) is 3.09. The average Bonchev–Trinajstić information content (AvgIpc) is 2.83. The Bertz CT molecular complexity index is 1100. The van der Waals surface area contributed by atoms with Gasteiger partial charge in [-0.05, 0) is 44.5 Å². The van der Waals surface area contributed by atoms with Crippen molar-refractivity contribution in [2.24, 2.45) is 7.05 Å². The minimum absolute atomic E-state index is 0.130. The van der Waals surface area contributed by atoms with Gasteiger partial charge in [0.25, 0.3) is 0 Å². The molecule has 0 aliphatic heterocycles. The number of imidazole rings is 1. The van der Waals surface area contributed by atoms with Gasteiger partial charge in [0.05, 0.1) is 22.3 Å². The van der Waals surface area contributed by atoms with E-state index < -0.39 is 5.60 Å². The van der Waals surface area contributed by atoms with E-state index >= 15 is 0 Å². The highest BCUT2D eigenvalue weighted by molar-refractivity contribution is 6.31. The highest BCUT2D eigenvalue weighted by Crippen LogP contribution is 2.27. The van der Waals surface area contributed by atoms with Crippen molar-refractivity contribution < 1.29 is 5.11 Å². The molecule has 0 amide bonds. The van der Waals surface area contributed by atoms with Crippen LogP contribution in [0.2, 0.25) is 5.15 Å². The average molecular weight is 386 g/mol. The third-order valence-corrected chi connectivity index (χ3v) is 4.67. The summed E-state index contributed by atoms with van der Waals surface area (Å²) in [4.78, 5) is 16.5. The highest BCUT2D eigenvalue weighted by atomic mass is 35.5. The summed E-state index contributed by atoms with van der Waals surface area (Å²) in [6.45, 7) is 3.83. The second kappa shape index (κ2) is 7.06. The molecule has 0 unspecified atom stereocenters. The molecule has 7 nitrogen and oxygen atoms in total. The number of aromatic nitrogens is 3. The molecule has 1 aromatic carbocycles. The zero-order valence-electron chi connectivity index (χ0n) is 15.3. The van der Waals surface area contributed by atoms with Crippen molar-refractivity contribution >= 4 is 34.0 Å². The lowest BCUT2D eigenvalue weighted by Crippen LogP contribution is -2.27. The Morgan fingerprint density at radius 1 is 1.33 bits per heavy atom. The molecular formula is C19H20ClN5O2. The summed E-state index contributed by atoms with van der Waals surface area (Å²) in [6.07, 6.45) is 1.97. The molecule has 0 fully saturated rings. The zero-order chi connectivity index (χ0) is 19.8. The van der Waals surface area contributed by atoms with Crippen molar-refractivity contribution in [2.75, 3.05) is 5.32 Å². The number of aliphatic hydroxyl groups is 1. The molecule has 0 spiro atoms. The van der Waals surface area contributed by atoms with Gasteiger partial charge in [-0.25, -0.2) is 9.78 Å². The van der Waals surface area contributed by atoms with Crippen LogP contribution >= 0.6 is 11.6 Å². The van der Waals surface area contributed by atoms with E-state index in [1.54, 1.807) is 36.1 Å². The van der Waals surface area contributed by atoms with Crippen LogP contribution in [0, 0.1) is 11.3 Å². The molecule has 140 valence electrons. The molecule has 0 saturated carbocycles. The molecule has 27 heavy (non-hydrogen) atoms. The van der Waals surface area contributed by atoms with Crippen molar-refractivity contribution in [3.05, 3.63) is 51.7 Å². The topological polar surface area (TPSA) is 95.9 Å². The molecule has 2 heterocycles. The molecule has 0 radical (unpaired) electrons. The standard InChI is InChI=1S/C19H20ClN5O2/c1-19(2,27)7-9-25-16-10-12(4-5-15(16)24(3)18(25)26)23-14-6-8-22-17(20)13(14)11-21/h4-6,8,10,27H,7,9H2,1-3H3,(H,22,23). The zero-order valence-corrected chi connectivity index (χ0v) is 16.1. The largest absolute Gasteiger partial charge is 0.390 e. The number of hydrogen-bond donors (Lipinski definition) is 2. The number of nitrogens with one attached hydrogen (secondary N) is 1. The minimum atomic E-state index is -0.868. The number of hydrogen-bond acceptors (Lipinski definition) is 5. The molecule has 3 rings (SSSR count). The second-order valence-corrected chi connectivity index (χ2v) is 7.38. The van der Waals surface area contributed by atoms with Crippen LogP contribution in [-0.2, 0) is 13.6 Å². The first kappa shape index (κ1) is 19.0. The van der Waals surface area contributed by atoms with Gasteiger partial charge in [-0.15, -0.1) is 0 Å². The fraction of sp³-hybridized carbons (Fsp3) is 0.316. The van der Waals surface area contributed by atoms with Crippen molar-refractivity contribution in [3.8, 4) is 6.07 Å². The van der Waals surface area contributed by atoms with Crippen molar-refractivity contribution in [2.45, 2.75) is 32.4 Å². The third-order valence-electron chi connectivity index (χ3n) is 4.39. The molecular weight excluding hydrogens is 366 g/mol. The lowest BCUT2D eigenvalue weighted by atomic mass is 10.1. The van der Waals surface area contributed by atoms with Gasteiger partial charge < -0.3 is 10.4 Å². The molecule has 3 aromatic rings. The number of halogens is 1. The molecule has 2 N–H and O–H groups in total. The summed E-state index contributed by atoms with van der Waals surface area (Å²) >= 11 is 5.98. The Hall–Kier alpha value is -2.82. The Labute approximate surface area is 161 Å². The predicted octanol–water partition coefficient (Wildman–Crippen LogP) is 3.16. The first-order chi connectivity index (χ1) is 12.7. The number of aryl methyl sites for hydroxylation is 2.